The van der Waals surface area contributed by atoms with Gasteiger partial charge in [-0.2, -0.15) is 0 Å². The fourth-order valence-electron chi connectivity index (χ4n) is 4.62. The molecule has 1 fully saturated rings. The van der Waals surface area contributed by atoms with E-state index in [1.165, 1.54) is 101 Å². The number of nitrogens with one attached hydrogen (secondary N) is 1. The molecule has 0 radical (unpaired) electrons. The highest BCUT2D eigenvalue weighted by Gasteiger charge is 2.48. The average Bonchev–Trinajstić information content (AvgIpc) is 3.02. The van der Waals surface area contributed by atoms with Crippen LogP contribution in [0.5, 0.6) is 0 Å². The molecule has 1 heterocycles. The number of carbonyl (C=O) groups excluding carboxylic acids is 2. The largest absolute Gasteiger partial charge is 0.326 e. The van der Waals surface area contributed by atoms with Gasteiger partial charge in [-0.05, 0) is 46.4 Å². The number of rotatable bonds is 20. The maximum Gasteiger partial charge on any atom is 0.326 e. The third-order valence-corrected chi connectivity index (χ3v) is 7.27. The van der Waals surface area contributed by atoms with Gasteiger partial charge in [0, 0.05) is 0 Å². The van der Waals surface area contributed by atoms with Crippen molar-refractivity contribution in [1.29, 1.82) is 0 Å². The Morgan fingerprint density at radius 3 is 1.70 bits per heavy atom. The molecule has 0 saturated carbocycles. The Hall–Kier alpha value is -1.36. The van der Waals surface area contributed by atoms with Gasteiger partial charge in [-0.1, -0.05) is 109 Å². The number of allylic oxidation sites excluding steroid dienone is 1. The van der Waals surface area contributed by atoms with Gasteiger partial charge >= 0.3 is 6.03 Å². The van der Waals surface area contributed by atoms with Crippen LogP contribution in [-0.4, -0.2) is 47.5 Å². The summed E-state index contributed by atoms with van der Waals surface area (Å²) < 4.78 is 0. The number of amides is 3. The number of nitrogens with zero attached hydrogens (tertiary/aromatic N) is 2. The first-order valence-electron chi connectivity index (χ1n) is 13.8. The van der Waals surface area contributed by atoms with Crippen LogP contribution in [0.25, 0.3) is 0 Å². The zero-order valence-corrected chi connectivity index (χ0v) is 22.5. The van der Waals surface area contributed by atoms with E-state index in [2.05, 4.69) is 17.1 Å². The van der Waals surface area contributed by atoms with Gasteiger partial charge in [0.2, 0.25) is 0 Å². The first-order valence-corrected chi connectivity index (χ1v) is 13.8. The Kier molecular flexibility index (Phi) is 15.4. The third kappa shape index (κ3) is 11.1. The molecule has 0 bridgehead atoms. The van der Waals surface area contributed by atoms with E-state index in [9.17, 15) is 9.59 Å². The summed E-state index contributed by atoms with van der Waals surface area (Å²) in [4.78, 5) is 28.5. The van der Waals surface area contributed by atoms with Crippen molar-refractivity contribution in [2.75, 3.05) is 20.3 Å². The smallest absolute Gasteiger partial charge is 0.320 e. The quantitative estimate of drug-likeness (QED) is 0.116. The minimum Gasteiger partial charge on any atom is -0.320 e. The molecule has 1 aliphatic rings. The second-order valence-corrected chi connectivity index (χ2v) is 10.3. The lowest BCUT2D eigenvalue weighted by molar-refractivity contribution is -0.130. The molecule has 33 heavy (non-hydrogen) atoms. The fraction of sp³-hybridized carbons (Fsp3) is 0.857. The Morgan fingerprint density at radius 1 is 0.848 bits per heavy atom. The van der Waals surface area contributed by atoms with Crippen molar-refractivity contribution in [1.82, 2.24) is 15.1 Å². The van der Waals surface area contributed by atoms with E-state index in [1.807, 2.05) is 27.0 Å². The molecule has 1 unspecified atom stereocenters. The van der Waals surface area contributed by atoms with Crippen LogP contribution in [0.4, 0.5) is 4.79 Å². The summed E-state index contributed by atoms with van der Waals surface area (Å²) in [5, 5.41) is 2.85. The molecule has 0 aromatic heterocycles. The minimum atomic E-state index is -0.902. The molecule has 1 atom stereocenters. The summed E-state index contributed by atoms with van der Waals surface area (Å²) in [5.74, 6) is -0.151. The molecule has 0 aromatic carbocycles. The average molecular weight is 464 g/mol. The summed E-state index contributed by atoms with van der Waals surface area (Å²) in [6.45, 7) is 9.12. The standard InChI is InChI=1S/C28H53N3O2/c1-6-8-9-10-11-12-13-14-15-16-17-18-19-20-21-22-23-30(5)24-31-26(32)28(4,25(3)7-2)29-27(31)33/h7H,6,8-24H2,1-5H3,(H,29,33). The van der Waals surface area contributed by atoms with E-state index >= 15 is 0 Å². The topological polar surface area (TPSA) is 52.7 Å². The van der Waals surface area contributed by atoms with Crippen LogP contribution in [0.1, 0.15) is 130 Å². The van der Waals surface area contributed by atoms with Crippen molar-refractivity contribution >= 4 is 11.9 Å². The van der Waals surface area contributed by atoms with Crippen molar-refractivity contribution in [2.24, 2.45) is 0 Å². The van der Waals surface area contributed by atoms with Crippen LogP contribution in [0.15, 0.2) is 11.6 Å². The van der Waals surface area contributed by atoms with E-state index < -0.39 is 5.54 Å². The van der Waals surface area contributed by atoms with E-state index in [0.717, 1.165) is 18.5 Å². The molecule has 1 saturated heterocycles. The van der Waals surface area contributed by atoms with Gasteiger partial charge in [-0.15, -0.1) is 0 Å². The van der Waals surface area contributed by atoms with Crippen molar-refractivity contribution < 1.29 is 9.59 Å². The SMILES string of the molecule is CC=C(C)C1(C)NC(=O)N(CN(C)CCCCCCCCCCCCCCCCCC)C1=O. The van der Waals surface area contributed by atoms with E-state index in [0.29, 0.717) is 6.67 Å². The lowest BCUT2D eigenvalue weighted by Gasteiger charge is -2.25. The molecule has 1 aliphatic heterocycles. The zero-order chi connectivity index (χ0) is 24.5. The van der Waals surface area contributed by atoms with Gasteiger partial charge in [-0.25, -0.2) is 9.69 Å². The second-order valence-electron chi connectivity index (χ2n) is 10.3. The second kappa shape index (κ2) is 17.1. The number of hydrogen-bond acceptors (Lipinski definition) is 3. The molecule has 5 nitrogen and oxygen atoms in total. The maximum atomic E-state index is 12.8. The highest BCUT2D eigenvalue weighted by molar-refractivity contribution is 6.08. The van der Waals surface area contributed by atoms with Crippen LogP contribution in [0.2, 0.25) is 0 Å². The highest BCUT2D eigenvalue weighted by atomic mass is 16.2. The van der Waals surface area contributed by atoms with Crippen molar-refractivity contribution in [3.63, 3.8) is 0 Å². The van der Waals surface area contributed by atoms with Crippen molar-refractivity contribution in [2.45, 2.75) is 136 Å². The lowest BCUT2D eigenvalue weighted by Crippen LogP contribution is -2.46. The summed E-state index contributed by atoms with van der Waals surface area (Å²) in [6.07, 6.45) is 23.7. The number of imide groups is 1. The predicted octanol–water partition coefficient (Wildman–Crippen LogP) is 7.41. The summed E-state index contributed by atoms with van der Waals surface area (Å²) >= 11 is 0. The van der Waals surface area contributed by atoms with Crippen LogP contribution in [0, 0.1) is 0 Å². The van der Waals surface area contributed by atoms with E-state index in [-0.39, 0.29) is 11.9 Å². The summed E-state index contributed by atoms with van der Waals surface area (Å²) in [7, 11) is 1.99. The lowest BCUT2D eigenvalue weighted by atomic mass is 9.93. The zero-order valence-electron chi connectivity index (χ0n) is 22.5. The Bertz CT molecular complexity index is 590. The minimum absolute atomic E-state index is 0.151. The van der Waals surface area contributed by atoms with Crippen molar-refractivity contribution in [3.8, 4) is 0 Å². The Morgan fingerprint density at radius 2 is 1.27 bits per heavy atom. The number of carbonyl (C=O) groups is 2. The van der Waals surface area contributed by atoms with Gasteiger partial charge in [0.25, 0.3) is 5.91 Å². The number of hydrogen-bond donors (Lipinski definition) is 1. The third-order valence-electron chi connectivity index (χ3n) is 7.27. The molecule has 5 heteroatoms. The normalized spacial score (nSPS) is 19.1. The molecular formula is C28H53N3O2. The van der Waals surface area contributed by atoms with E-state index in [4.69, 9.17) is 0 Å². The predicted molar refractivity (Wildman–Crippen MR) is 140 cm³/mol. The molecule has 1 rings (SSSR count). The monoisotopic (exact) mass is 463 g/mol. The number of unbranched alkanes of at least 4 members (excludes halogenated alkanes) is 15. The molecular weight excluding hydrogens is 410 g/mol. The molecule has 0 spiro atoms. The van der Waals surface area contributed by atoms with Crippen molar-refractivity contribution in [3.05, 3.63) is 11.6 Å². The van der Waals surface area contributed by atoms with Gasteiger partial charge in [0.15, 0.2) is 0 Å². The van der Waals surface area contributed by atoms with Gasteiger partial charge < -0.3 is 5.32 Å². The van der Waals surface area contributed by atoms with Crippen LogP contribution in [-0.2, 0) is 4.79 Å². The Labute approximate surface area is 204 Å². The molecule has 3 amide bonds. The molecule has 192 valence electrons. The van der Waals surface area contributed by atoms with Gasteiger partial charge in [-0.3, -0.25) is 9.69 Å². The Balaban J connectivity index is 1.99. The first-order chi connectivity index (χ1) is 15.9. The number of urea groups is 1. The van der Waals surface area contributed by atoms with Crippen LogP contribution in [0.3, 0.4) is 0 Å². The summed E-state index contributed by atoms with van der Waals surface area (Å²) in [5.41, 5.74) is -0.0233. The molecule has 0 aliphatic carbocycles. The van der Waals surface area contributed by atoms with Crippen LogP contribution >= 0.6 is 0 Å². The van der Waals surface area contributed by atoms with E-state index in [1.54, 1.807) is 6.92 Å². The fourth-order valence-corrected chi connectivity index (χ4v) is 4.62. The first kappa shape index (κ1) is 29.7. The van der Waals surface area contributed by atoms with Crippen LogP contribution < -0.4 is 5.32 Å². The van der Waals surface area contributed by atoms with Gasteiger partial charge in [0.1, 0.15) is 5.54 Å². The summed E-state index contributed by atoms with van der Waals surface area (Å²) in [6, 6.07) is -0.289. The molecule has 0 aromatic rings. The van der Waals surface area contributed by atoms with Gasteiger partial charge in [0.05, 0.1) is 6.67 Å². The highest BCUT2D eigenvalue weighted by Crippen LogP contribution is 2.25. The molecule has 1 N–H and O–H groups in total. The maximum absolute atomic E-state index is 12.8.